The van der Waals surface area contributed by atoms with Crippen LogP contribution in [0, 0.1) is 0 Å². The molecule has 1 aromatic carbocycles. The first kappa shape index (κ1) is 16.6. The minimum absolute atomic E-state index is 0.0793. The fourth-order valence-corrected chi connectivity index (χ4v) is 3.29. The molecule has 134 valence electrons. The van der Waals surface area contributed by atoms with Crippen molar-refractivity contribution in [3.63, 3.8) is 0 Å². The Hall–Kier alpha value is -2.86. The first-order valence-electron chi connectivity index (χ1n) is 9.01. The van der Waals surface area contributed by atoms with Crippen LogP contribution in [0.3, 0.4) is 0 Å². The minimum atomic E-state index is -0.160. The van der Waals surface area contributed by atoms with Crippen LogP contribution >= 0.6 is 0 Å². The van der Waals surface area contributed by atoms with Crippen molar-refractivity contribution in [1.82, 2.24) is 20.0 Å². The second kappa shape index (κ2) is 7.17. The maximum atomic E-state index is 12.5. The highest BCUT2D eigenvalue weighted by molar-refractivity contribution is 5.93. The maximum Gasteiger partial charge on any atom is 0.271 e. The van der Waals surface area contributed by atoms with Gasteiger partial charge in [0.05, 0.1) is 6.04 Å². The van der Waals surface area contributed by atoms with Gasteiger partial charge in [0.1, 0.15) is 11.3 Å². The molecular weight excluding hydrogens is 326 g/mol. The molecule has 3 heterocycles. The maximum absolute atomic E-state index is 12.5. The summed E-state index contributed by atoms with van der Waals surface area (Å²) in [5, 5.41) is 6.40. The van der Waals surface area contributed by atoms with Crippen LogP contribution in [-0.2, 0) is 0 Å². The Kier molecular flexibility index (Phi) is 4.58. The summed E-state index contributed by atoms with van der Waals surface area (Å²) >= 11 is 0. The van der Waals surface area contributed by atoms with Gasteiger partial charge in [-0.25, -0.2) is 4.98 Å². The number of imidazole rings is 1. The summed E-state index contributed by atoms with van der Waals surface area (Å²) in [4.78, 5) is 19.3. The largest absolute Gasteiger partial charge is 0.369 e. The molecular formula is C20H23N5O. The highest BCUT2D eigenvalue weighted by Crippen LogP contribution is 2.20. The van der Waals surface area contributed by atoms with E-state index in [0.717, 1.165) is 37.4 Å². The van der Waals surface area contributed by atoms with E-state index in [2.05, 4.69) is 44.8 Å². The zero-order valence-electron chi connectivity index (χ0n) is 14.9. The van der Waals surface area contributed by atoms with E-state index in [-0.39, 0.29) is 11.9 Å². The first-order valence-corrected chi connectivity index (χ1v) is 9.01. The molecule has 0 spiro atoms. The number of rotatable bonds is 4. The number of aromatic nitrogens is 2. The van der Waals surface area contributed by atoms with Crippen LogP contribution in [0.5, 0.6) is 0 Å². The summed E-state index contributed by atoms with van der Waals surface area (Å²) < 4.78 is 1.85. The van der Waals surface area contributed by atoms with Gasteiger partial charge in [-0.1, -0.05) is 18.2 Å². The Morgan fingerprint density at radius 3 is 2.65 bits per heavy atom. The number of carbonyl (C=O) groups excluding carboxylic acids is 1. The minimum Gasteiger partial charge on any atom is -0.369 e. The number of nitrogens with one attached hydrogen (secondary N) is 2. The van der Waals surface area contributed by atoms with E-state index < -0.39 is 0 Å². The summed E-state index contributed by atoms with van der Waals surface area (Å²) in [6.45, 7) is 6.09. The van der Waals surface area contributed by atoms with Crippen molar-refractivity contribution in [2.24, 2.45) is 0 Å². The molecule has 1 saturated heterocycles. The Balaban J connectivity index is 1.43. The SMILES string of the molecule is C[C@@H](NC(=O)c1cn2ccccc2n1)c1ccc(N2CCNCC2)cc1. The predicted octanol–water partition coefficient (Wildman–Crippen LogP) is 2.23. The van der Waals surface area contributed by atoms with Crippen LogP contribution in [-0.4, -0.2) is 41.5 Å². The number of amides is 1. The number of pyridine rings is 1. The summed E-state index contributed by atoms with van der Waals surface area (Å²) in [7, 11) is 0. The zero-order valence-corrected chi connectivity index (χ0v) is 14.9. The molecule has 0 unspecified atom stereocenters. The van der Waals surface area contributed by atoms with Crippen LogP contribution in [0.4, 0.5) is 5.69 Å². The summed E-state index contributed by atoms with van der Waals surface area (Å²) in [6.07, 6.45) is 3.64. The van der Waals surface area contributed by atoms with Crippen molar-refractivity contribution in [2.75, 3.05) is 31.1 Å². The second-order valence-electron chi connectivity index (χ2n) is 6.62. The lowest BCUT2D eigenvalue weighted by Crippen LogP contribution is -2.43. The van der Waals surface area contributed by atoms with Crippen molar-refractivity contribution in [1.29, 1.82) is 0 Å². The third-order valence-corrected chi connectivity index (χ3v) is 4.82. The van der Waals surface area contributed by atoms with Gasteiger partial charge in [-0.3, -0.25) is 4.79 Å². The van der Waals surface area contributed by atoms with Crippen LogP contribution in [0.25, 0.3) is 5.65 Å². The average molecular weight is 349 g/mol. The Bertz CT molecular complexity index is 863. The summed E-state index contributed by atoms with van der Waals surface area (Å²) in [5.41, 5.74) is 3.52. The van der Waals surface area contributed by atoms with Crippen LogP contribution < -0.4 is 15.5 Å². The van der Waals surface area contributed by atoms with Gasteiger partial charge in [0.15, 0.2) is 0 Å². The molecule has 1 fully saturated rings. The van der Waals surface area contributed by atoms with Gasteiger partial charge >= 0.3 is 0 Å². The molecule has 0 radical (unpaired) electrons. The number of hydrogen-bond donors (Lipinski definition) is 2. The zero-order chi connectivity index (χ0) is 17.9. The Labute approximate surface area is 152 Å². The highest BCUT2D eigenvalue weighted by atomic mass is 16.2. The van der Waals surface area contributed by atoms with E-state index in [1.54, 1.807) is 6.20 Å². The number of hydrogen-bond acceptors (Lipinski definition) is 4. The van der Waals surface area contributed by atoms with Crippen LogP contribution in [0.2, 0.25) is 0 Å². The van der Waals surface area contributed by atoms with Crippen molar-refractivity contribution in [3.8, 4) is 0 Å². The normalized spacial score (nSPS) is 15.8. The fraction of sp³-hybridized carbons (Fsp3) is 0.300. The molecule has 6 nitrogen and oxygen atoms in total. The molecule has 1 atom stereocenters. The molecule has 3 aromatic rings. The van der Waals surface area contributed by atoms with E-state index in [4.69, 9.17) is 0 Å². The van der Waals surface area contributed by atoms with Crippen molar-refractivity contribution < 1.29 is 4.79 Å². The smallest absolute Gasteiger partial charge is 0.271 e. The summed E-state index contributed by atoms with van der Waals surface area (Å²) in [5.74, 6) is -0.160. The van der Waals surface area contributed by atoms with E-state index in [0.29, 0.717) is 5.69 Å². The number of carbonyl (C=O) groups is 1. The number of nitrogens with zero attached hydrogens (tertiary/aromatic N) is 3. The third-order valence-electron chi connectivity index (χ3n) is 4.82. The van der Waals surface area contributed by atoms with E-state index >= 15 is 0 Å². The highest BCUT2D eigenvalue weighted by Gasteiger charge is 2.15. The average Bonchev–Trinajstić information content (AvgIpc) is 3.13. The molecule has 1 aliphatic rings. The van der Waals surface area contributed by atoms with Crippen LogP contribution in [0.15, 0.2) is 54.9 Å². The molecule has 0 saturated carbocycles. The van der Waals surface area contributed by atoms with Crippen molar-refractivity contribution >= 4 is 17.2 Å². The van der Waals surface area contributed by atoms with E-state index in [1.807, 2.05) is 35.7 Å². The number of anilines is 1. The molecule has 1 amide bonds. The topological polar surface area (TPSA) is 61.7 Å². The molecule has 4 rings (SSSR count). The Morgan fingerprint density at radius 2 is 1.92 bits per heavy atom. The standard InChI is InChI=1S/C20H23N5O/c1-15(16-5-7-17(8-6-16)24-12-9-21-10-13-24)22-20(26)18-14-25-11-3-2-4-19(25)23-18/h2-8,11,14-15,21H,9-10,12-13H2,1H3,(H,22,26)/t15-/m1/s1. The predicted molar refractivity (Wildman–Crippen MR) is 103 cm³/mol. The van der Waals surface area contributed by atoms with E-state index in [9.17, 15) is 4.79 Å². The van der Waals surface area contributed by atoms with Gasteiger partial charge < -0.3 is 19.9 Å². The van der Waals surface area contributed by atoms with Gasteiger partial charge in [0.2, 0.25) is 0 Å². The van der Waals surface area contributed by atoms with Gasteiger partial charge in [0.25, 0.3) is 5.91 Å². The lowest BCUT2D eigenvalue weighted by atomic mass is 10.1. The molecule has 1 aliphatic heterocycles. The molecule has 0 bridgehead atoms. The van der Waals surface area contributed by atoms with Crippen molar-refractivity contribution in [2.45, 2.75) is 13.0 Å². The quantitative estimate of drug-likeness (QED) is 0.758. The fourth-order valence-electron chi connectivity index (χ4n) is 3.29. The lowest BCUT2D eigenvalue weighted by molar-refractivity contribution is 0.0935. The monoisotopic (exact) mass is 349 g/mol. The molecule has 2 N–H and O–H groups in total. The van der Waals surface area contributed by atoms with Gasteiger partial charge in [0, 0.05) is 44.3 Å². The first-order chi connectivity index (χ1) is 12.7. The lowest BCUT2D eigenvalue weighted by Gasteiger charge is -2.29. The number of piperazine rings is 1. The van der Waals surface area contributed by atoms with Gasteiger partial charge in [-0.15, -0.1) is 0 Å². The van der Waals surface area contributed by atoms with E-state index in [1.165, 1.54) is 5.69 Å². The third kappa shape index (κ3) is 3.41. The second-order valence-corrected chi connectivity index (χ2v) is 6.62. The molecule has 0 aliphatic carbocycles. The van der Waals surface area contributed by atoms with Crippen molar-refractivity contribution in [3.05, 3.63) is 66.1 Å². The van der Waals surface area contributed by atoms with Gasteiger partial charge in [-0.05, 0) is 36.8 Å². The molecule has 2 aromatic heterocycles. The number of fused-ring (bicyclic) bond motifs is 1. The summed E-state index contributed by atoms with van der Waals surface area (Å²) in [6, 6.07) is 14.1. The number of benzene rings is 1. The molecule has 26 heavy (non-hydrogen) atoms. The van der Waals surface area contributed by atoms with Gasteiger partial charge in [-0.2, -0.15) is 0 Å². The molecule has 6 heteroatoms. The van der Waals surface area contributed by atoms with Crippen LogP contribution in [0.1, 0.15) is 29.0 Å². The Morgan fingerprint density at radius 1 is 1.15 bits per heavy atom.